The van der Waals surface area contributed by atoms with Gasteiger partial charge < -0.3 is 104 Å². The van der Waals surface area contributed by atoms with Gasteiger partial charge in [-0.25, -0.2) is 0 Å². The summed E-state index contributed by atoms with van der Waals surface area (Å²) >= 11 is 0. The first-order valence-electron chi connectivity index (χ1n) is 37.1. The normalized spacial score (nSPS) is 12.9. The van der Waals surface area contributed by atoms with E-state index in [0.717, 1.165) is 38.6 Å². The van der Waals surface area contributed by atoms with E-state index >= 15 is 0 Å². The highest BCUT2D eigenvalue weighted by molar-refractivity contribution is 5.91. The third-order valence-corrected chi connectivity index (χ3v) is 16.6. The third-order valence-electron chi connectivity index (χ3n) is 16.6. The van der Waals surface area contributed by atoms with Gasteiger partial charge in [0.15, 0.2) is 0 Å². The van der Waals surface area contributed by atoms with Crippen LogP contribution in [0.15, 0.2) is 0 Å². The van der Waals surface area contributed by atoms with E-state index in [4.69, 9.17) is 45.9 Å². The standard InChI is InChI=1S/C68H133N19O12/c69-39-15-7-5-3-1-2-4-6-8-33-57(88)83-52(28-10-17-41-71)64(95)78-47-23-35-59(90)85-54(30-12-19-43-73)66(97)80-49-25-37-61(92)87-56(32-14-21-45-75)68(99)81-50-26-38-62(93)86-55(31-13-20-44-74)67(98)79-48-24-36-60(91)84-53(29-11-18-42-72)65(96)77-46-22-34-58(89)82-51(63(76)94)27-9-16-40-70/h51-56H,1-50,69-75H2,(H2,76,94)(H,77,96)(H,78,95)(H,79,98)(H,80,97)(H,81,99)(H,82,89)(H,83,88)(H,84,91)(H,85,90)(H,86,93)(H,87,92)/t51-,52-,53-,54-,55-,56-/m0/s1. The molecule has 0 aromatic rings. The van der Waals surface area contributed by atoms with Gasteiger partial charge in [-0.2, -0.15) is 0 Å². The van der Waals surface area contributed by atoms with Crippen LogP contribution in [0.5, 0.6) is 0 Å². The van der Waals surface area contributed by atoms with Crippen LogP contribution < -0.4 is 104 Å². The van der Waals surface area contributed by atoms with Crippen molar-refractivity contribution in [3.05, 3.63) is 0 Å². The molecule has 0 saturated heterocycles. The zero-order valence-electron chi connectivity index (χ0n) is 59.8. The van der Waals surface area contributed by atoms with Crippen molar-refractivity contribution in [2.75, 3.05) is 78.5 Å². The van der Waals surface area contributed by atoms with Crippen molar-refractivity contribution in [3.8, 4) is 0 Å². The van der Waals surface area contributed by atoms with E-state index < -0.39 is 83.5 Å². The number of nitrogens with one attached hydrogen (secondary N) is 11. The van der Waals surface area contributed by atoms with Crippen LogP contribution >= 0.6 is 0 Å². The van der Waals surface area contributed by atoms with E-state index in [1.165, 1.54) is 25.7 Å². The molecule has 0 aliphatic carbocycles. The number of hydrogen-bond acceptors (Lipinski definition) is 19. The molecule has 0 unspecified atom stereocenters. The van der Waals surface area contributed by atoms with E-state index in [1.54, 1.807) is 0 Å². The summed E-state index contributed by atoms with van der Waals surface area (Å²) < 4.78 is 0. The maximum Gasteiger partial charge on any atom is 0.242 e. The van der Waals surface area contributed by atoms with Crippen LogP contribution in [0, 0.1) is 0 Å². The molecule has 0 rings (SSSR count). The maximum atomic E-state index is 13.4. The monoisotopic (exact) mass is 1410 g/mol. The average molecular weight is 1410 g/mol. The Morgan fingerprint density at radius 1 is 0.202 bits per heavy atom. The fourth-order valence-electron chi connectivity index (χ4n) is 10.8. The van der Waals surface area contributed by atoms with Gasteiger partial charge in [-0.05, 0) is 206 Å². The largest absolute Gasteiger partial charge is 0.368 e. The van der Waals surface area contributed by atoms with Crippen LogP contribution in [0.1, 0.15) is 244 Å². The fourth-order valence-corrected chi connectivity index (χ4v) is 10.8. The van der Waals surface area contributed by atoms with Gasteiger partial charge in [0.1, 0.15) is 36.3 Å². The Bertz CT molecular complexity index is 2260. The molecular weight excluding hydrogens is 1270 g/mol. The molecule has 27 N–H and O–H groups in total. The molecule has 99 heavy (non-hydrogen) atoms. The van der Waals surface area contributed by atoms with Gasteiger partial charge in [-0.3, -0.25) is 57.5 Å². The highest BCUT2D eigenvalue weighted by Gasteiger charge is 2.26. The van der Waals surface area contributed by atoms with Gasteiger partial charge in [-0.1, -0.05) is 44.9 Å². The fraction of sp³-hybridized carbons (Fsp3) is 0.824. The second kappa shape index (κ2) is 63.5. The summed E-state index contributed by atoms with van der Waals surface area (Å²) in [6, 6.07) is -5.05. The molecule has 0 spiro atoms. The van der Waals surface area contributed by atoms with Gasteiger partial charge in [0.25, 0.3) is 0 Å². The summed E-state index contributed by atoms with van der Waals surface area (Å²) in [5.74, 6) is -4.93. The van der Waals surface area contributed by atoms with Crippen molar-refractivity contribution < 1.29 is 57.5 Å². The van der Waals surface area contributed by atoms with Crippen LogP contribution in [-0.2, 0) is 57.5 Å². The third kappa shape index (κ3) is 52.1. The second-order valence-electron chi connectivity index (χ2n) is 25.5. The lowest BCUT2D eigenvalue weighted by Gasteiger charge is -2.20. The topological polar surface area (TPSA) is 545 Å². The molecule has 0 aromatic heterocycles. The lowest BCUT2D eigenvalue weighted by atomic mass is 10.1. The molecule has 12 amide bonds. The number of nitrogens with two attached hydrogens (primary N) is 8. The molecule has 0 aromatic carbocycles. The van der Waals surface area contributed by atoms with Crippen molar-refractivity contribution in [2.45, 2.75) is 280 Å². The summed E-state index contributed by atoms with van der Waals surface area (Å²) in [6.45, 7) is 3.85. The Balaban J connectivity index is 5.18. The highest BCUT2D eigenvalue weighted by atomic mass is 16.2. The molecule has 0 aliphatic heterocycles. The summed E-state index contributed by atoms with van der Waals surface area (Å²) in [6.07, 6.45) is 20.8. The first-order chi connectivity index (χ1) is 47.8. The zero-order valence-corrected chi connectivity index (χ0v) is 59.8. The molecule has 572 valence electrons. The van der Waals surface area contributed by atoms with Crippen LogP contribution in [0.3, 0.4) is 0 Å². The molecule has 0 radical (unpaired) electrons. The Labute approximate surface area is 589 Å². The van der Waals surface area contributed by atoms with Crippen LogP contribution in [0.25, 0.3) is 0 Å². The van der Waals surface area contributed by atoms with Crippen LogP contribution in [-0.4, -0.2) is 186 Å². The lowest BCUT2D eigenvalue weighted by molar-refractivity contribution is -0.130. The highest BCUT2D eigenvalue weighted by Crippen LogP contribution is 2.13. The first kappa shape index (κ1) is 92.4. The van der Waals surface area contributed by atoms with Crippen molar-refractivity contribution in [2.24, 2.45) is 45.9 Å². The average Bonchev–Trinajstić information content (AvgIpc) is 1.23. The quantitative estimate of drug-likeness (QED) is 0.0341. The summed E-state index contributed by atoms with van der Waals surface area (Å²) in [5, 5.41) is 30.6. The zero-order chi connectivity index (χ0) is 73.5. The van der Waals surface area contributed by atoms with Crippen molar-refractivity contribution in [1.82, 2.24) is 58.5 Å². The Kier molecular flexibility index (Phi) is 59.3. The first-order valence-corrected chi connectivity index (χ1v) is 37.1. The minimum absolute atomic E-state index is 0.0166. The number of carbonyl (C=O) groups is 12. The number of primary amides is 1. The minimum Gasteiger partial charge on any atom is -0.368 e. The van der Waals surface area contributed by atoms with Gasteiger partial charge in [0.2, 0.25) is 70.9 Å². The van der Waals surface area contributed by atoms with Gasteiger partial charge in [0.05, 0.1) is 0 Å². The summed E-state index contributed by atoms with van der Waals surface area (Å²) in [5.41, 5.74) is 45.0. The Morgan fingerprint density at radius 3 is 0.566 bits per heavy atom. The maximum absolute atomic E-state index is 13.4. The van der Waals surface area contributed by atoms with Gasteiger partial charge in [0, 0.05) is 71.2 Å². The number of rotatable bonds is 67. The van der Waals surface area contributed by atoms with E-state index in [-0.39, 0.29) is 114 Å². The smallest absolute Gasteiger partial charge is 0.242 e. The number of hydrogen-bond donors (Lipinski definition) is 19. The van der Waals surface area contributed by atoms with Gasteiger partial charge >= 0.3 is 0 Å². The van der Waals surface area contributed by atoms with E-state index in [0.29, 0.717) is 168 Å². The van der Waals surface area contributed by atoms with Crippen LogP contribution in [0.2, 0.25) is 0 Å². The minimum atomic E-state index is -0.899. The molecule has 31 heteroatoms. The summed E-state index contributed by atoms with van der Waals surface area (Å²) in [4.78, 5) is 156. The van der Waals surface area contributed by atoms with E-state index in [2.05, 4.69) is 58.5 Å². The van der Waals surface area contributed by atoms with Crippen molar-refractivity contribution in [1.29, 1.82) is 0 Å². The molecule has 31 nitrogen and oxygen atoms in total. The molecule has 6 atom stereocenters. The lowest BCUT2D eigenvalue weighted by Crippen LogP contribution is -2.48. The SMILES string of the molecule is NCCCCCCCCCCCC(=O)N[C@@H](CCCCN)C(=O)NCCCC(=O)N[C@@H](CCCCN)C(=O)NCCCC(=O)N[C@@H](CCCCN)C(=O)NCCCC(=O)N[C@@H](CCCCN)C(=O)NCCCC(=O)N[C@@H](CCCCN)C(=O)NCCCC(=O)N[C@@H](CCCCN)C(N)=O. The molecule has 0 aliphatic rings. The number of amides is 12. The Hall–Kier alpha value is -6.64. The van der Waals surface area contributed by atoms with Gasteiger partial charge in [-0.15, -0.1) is 0 Å². The van der Waals surface area contributed by atoms with Crippen molar-refractivity contribution >= 4 is 70.9 Å². The number of unbranched alkanes of at least 4 members (excludes halogenated alkanes) is 14. The molecule has 0 bridgehead atoms. The summed E-state index contributed by atoms with van der Waals surface area (Å²) in [7, 11) is 0. The molecular formula is C68H133N19O12. The van der Waals surface area contributed by atoms with Crippen LogP contribution in [0.4, 0.5) is 0 Å². The van der Waals surface area contributed by atoms with E-state index in [9.17, 15) is 57.5 Å². The second-order valence-corrected chi connectivity index (χ2v) is 25.5. The number of carbonyl (C=O) groups excluding carboxylic acids is 12. The molecule has 0 fully saturated rings. The molecule has 0 saturated carbocycles. The van der Waals surface area contributed by atoms with Crippen molar-refractivity contribution in [3.63, 3.8) is 0 Å². The predicted octanol–water partition coefficient (Wildman–Crippen LogP) is -0.504. The predicted molar refractivity (Wildman–Crippen MR) is 385 cm³/mol. The molecule has 0 heterocycles. The van der Waals surface area contributed by atoms with E-state index in [1.807, 2.05) is 0 Å². The Morgan fingerprint density at radius 2 is 0.364 bits per heavy atom.